The van der Waals surface area contributed by atoms with Crippen molar-refractivity contribution < 1.29 is 23.9 Å². The fourth-order valence-corrected chi connectivity index (χ4v) is 7.41. The molecule has 1 atom stereocenters. The largest absolute Gasteiger partial charge is 0.494 e. The van der Waals surface area contributed by atoms with E-state index in [1.54, 1.807) is 19.9 Å². The molecule has 13 heteroatoms. The summed E-state index contributed by atoms with van der Waals surface area (Å²) >= 11 is 4.04. The zero-order chi connectivity index (χ0) is 29.6. The van der Waals surface area contributed by atoms with E-state index in [9.17, 15) is 14.4 Å². The van der Waals surface area contributed by atoms with Crippen molar-refractivity contribution in [3.05, 3.63) is 68.5 Å². The Balaban J connectivity index is 1.37. The lowest BCUT2D eigenvalue weighted by atomic mass is 10.1. The van der Waals surface area contributed by atoms with Gasteiger partial charge >= 0.3 is 5.97 Å². The zero-order valence-corrected chi connectivity index (χ0v) is 25.9. The van der Waals surface area contributed by atoms with Crippen LogP contribution in [0.15, 0.2) is 46.9 Å². The van der Waals surface area contributed by atoms with Crippen molar-refractivity contribution in [2.24, 2.45) is 0 Å². The molecule has 0 radical (unpaired) electrons. The molecule has 3 heterocycles. The van der Waals surface area contributed by atoms with Crippen molar-refractivity contribution in [2.45, 2.75) is 57.0 Å². The third kappa shape index (κ3) is 6.53. The molecule has 2 amide bonds. The van der Waals surface area contributed by atoms with E-state index in [1.807, 2.05) is 47.2 Å². The lowest BCUT2D eigenvalue weighted by Gasteiger charge is -2.15. The number of rotatable bonds is 12. The summed E-state index contributed by atoms with van der Waals surface area (Å²) in [6.45, 7) is 6.42. The lowest BCUT2D eigenvalue weighted by molar-refractivity contribution is -0.115. The average molecular weight is 626 g/mol. The van der Waals surface area contributed by atoms with Crippen LogP contribution in [0.5, 0.6) is 5.75 Å². The van der Waals surface area contributed by atoms with Crippen LogP contribution in [0.3, 0.4) is 0 Å². The molecular formula is C29H31N5O5S3. The standard InChI is InChI=1S/C29H31N5O5S3/c1-4-38-19-13-11-18(12-14-19)34-23(16-30-26(36)22-10-7-15-40-22)32-33-29(34)41-17(3)25(35)31-27-24(28(37)39-5-2)20-8-6-9-21(20)42-27/h7,10-15,17H,4-6,8-9,16H2,1-3H3,(H,30,36)(H,31,35)/t17-/m0/s1. The predicted molar refractivity (Wildman–Crippen MR) is 164 cm³/mol. The summed E-state index contributed by atoms with van der Waals surface area (Å²) in [7, 11) is 0. The first-order valence-corrected chi connectivity index (χ1v) is 16.3. The first-order valence-electron chi connectivity index (χ1n) is 13.7. The van der Waals surface area contributed by atoms with Gasteiger partial charge in [-0.1, -0.05) is 17.8 Å². The highest BCUT2D eigenvalue weighted by Gasteiger charge is 2.30. The first-order chi connectivity index (χ1) is 20.4. The van der Waals surface area contributed by atoms with Gasteiger partial charge in [0.15, 0.2) is 11.0 Å². The number of anilines is 1. The number of fused-ring (bicyclic) bond motifs is 1. The van der Waals surface area contributed by atoms with Crippen LogP contribution in [0.1, 0.15) is 63.5 Å². The molecule has 2 N–H and O–H groups in total. The minimum atomic E-state index is -0.573. The number of aromatic nitrogens is 3. The zero-order valence-electron chi connectivity index (χ0n) is 23.5. The van der Waals surface area contributed by atoms with Crippen LogP contribution < -0.4 is 15.4 Å². The summed E-state index contributed by atoms with van der Waals surface area (Å²) in [5.74, 6) is 0.368. The highest BCUT2D eigenvalue weighted by Crippen LogP contribution is 2.40. The Labute approximate surface area is 255 Å². The molecule has 42 heavy (non-hydrogen) atoms. The van der Waals surface area contributed by atoms with Gasteiger partial charge in [0.25, 0.3) is 5.91 Å². The third-order valence-corrected chi connectivity index (χ3v) is 9.67. The van der Waals surface area contributed by atoms with Crippen molar-refractivity contribution >= 4 is 57.2 Å². The Morgan fingerprint density at radius 2 is 1.90 bits per heavy atom. The summed E-state index contributed by atoms with van der Waals surface area (Å²) in [4.78, 5) is 40.5. The highest BCUT2D eigenvalue weighted by molar-refractivity contribution is 8.00. The average Bonchev–Trinajstić information content (AvgIpc) is 3.78. The fourth-order valence-electron chi connectivity index (χ4n) is 4.60. The van der Waals surface area contributed by atoms with E-state index in [2.05, 4.69) is 20.8 Å². The molecule has 4 aromatic rings. The number of aryl methyl sites for hydroxylation is 1. The van der Waals surface area contributed by atoms with Crippen LogP contribution in [-0.2, 0) is 28.9 Å². The maximum absolute atomic E-state index is 13.4. The molecule has 1 aliphatic rings. The minimum Gasteiger partial charge on any atom is -0.494 e. The highest BCUT2D eigenvalue weighted by atomic mass is 32.2. The van der Waals surface area contributed by atoms with Gasteiger partial charge in [-0.25, -0.2) is 4.79 Å². The molecule has 220 valence electrons. The van der Waals surface area contributed by atoms with Gasteiger partial charge in [0.2, 0.25) is 5.91 Å². The van der Waals surface area contributed by atoms with Crippen LogP contribution in [-0.4, -0.2) is 51.0 Å². The summed E-state index contributed by atoms with van der Waals surface area (Å²) in [6, 6.07) is 11.0. The molecule has 0 bridgehead atoms. The summed E-state index contributed by atoms with van der Waals surface area (Å²) in [5, 5.41) is 16.9. The number of thiophene rings is 2. The van der Waals surface area contributed by atoms with Crippen molar-refractivity contribution in [3.63, 3.8) is 0 Å². The molecule has 3 aromatic heterocycles. The molecule has 0 aliphatic heterocycles. The quantitative estimate of drug-likeness (QED) is 0.156. The Hall–Kier alpha value is -3.68. The number of carbonyl (C=O) groups excluding carboxylic acids is 3. The van der Waals surface area contributed by atoms with Gasteiger partial charge in [0.05, 0.1) is 35.4 Å². The number of esters is 1. The van der Waals surface area contributed by atoms with E-state index in [1.165, 1.54) is 34.4 Å². The Kier molecular flexibility index (Phi) is 9.60. The van der Waals surface area contributed by atoms with Crippen LogP contribution in [0.4, 0.5) is 5.00 Å². The summed E-state index contributed by atoms with van der Waals surface area (Å²) in [6.07, 6.45) is 2.69. The van der Waals surface area contributed by atoms with Crippen LogP contribution in [0.25, 0.3) is 5.69 Å². The normalized spacial score (nSPS) is 12.9. The van der Waals surface area contributed by atoms with Crippen molar-refractivity contribution in [3.8, 4) is 11.4 Å². The Bertz CT molecular complexity index is 1560. The maximum Gasteiger partial charge on any atom is 0.341 e. The van der Waals surface area contributed by atoms with Crippen LogP contribution in [0.2, 0.25) is 0 Å². The smallest absolute Gasteiger partial charge is 0.341 e. The number of amides is 2. The molecule has 1 aromatic carbocycles. The second-order valence-corrected chi connectivity index (χ2v) is 12.7. The van der Waals surface area contributed by atoms with Gasteiger partial charge < -0.3 is 20.1 Å². The van der Waals surface area contributed by atoms with Gasteiger partial charge in [-0.2, -0.15) is 0 Å². The molecule has 0 saturated heterocycles. The molecule has 10 nitrogen and oxygen atoms in total. The third-order valence-electron chi connectivity index (χ3n) is 6.55. The molecule has 0 spiro atoms. The number of thioether (sulfide) groups is 1. The lowest BCUT2D eigenvalue weighted by Crippen LogP contribution is -2.25. The summed E-state index contributed by atoms with van der Waals surface area (Å²) < 4.78 is 12.7. The van der Waals surface area contributed by atoms with Crippen molar-refractivity contribution in [2.75, 3.05) is 18.5 Å². The minimum absolute atomic E-state index is 0.141. The first kappa shape index (κ1) is 29.8. The van der Waals surface area contributed by atoms with E-state index >= 15 is 0 Å². The van der Waals surface area contributed by atoms with Gasteiger partial charge in [-0.3, -0.25) is 14.2 Å². The number of hydrogen-bond acceptors (Lipinski definition) is 10. The van der Waals surface area contributed by atoms with E-state index in [0.717, 1.165) is 41.1 Å². The fraction of sp³-hybridized carbons (Fsp3) is 0.345. The van der Waals surface area contributed by atoms with Crippen molar-refractivity contribution in [1.82, 2.24) is 20.1 Å². The number of carbonyl (C=O) groups is 3. The van der Waals surface area contributed by atoms with Crippen LogP contribution in [0, 0.1) is 0 Å². The van der Waals surface area contributed by atoms with E-state index in [-0.39, 0.29) is 25.0 Å². The second kappa shape index (κ2) is 13.5. The van der Waals surface area contributed by atoms with Gasteiger partial charge in [-0.05, 0) is 81.3 Å². The molecule has 1 aliphatic carbocycles. The van der Waals surface area contributed by atoms with Gasteiger partial charge in [-0.15, -0.1) is 32.9 Å². The van der Waals surface area contributed by atoms with E-state index in [0.29, 0.717) is 33.0 Å². The molecule has 0 fully saturated rings. The second-order valence-electron chi connectivity index (χ2n) is 9.35. The predicted octanol–water partition coefficient (Wildman–Crippen LogP) is 5.50. The number of nitrogens with zero attached hydrogens (tertiary/aromatic N) is 3. The number of hydrogen-bond donors (Lipinski definition) is 2. The maximum atomic E-state index is 13.4. The van der Waals surface area contributed by atoms with Gasteiger partial charge in [0.1, 0.15) is 10.8 Å². The van der Waals surface area contributed by atoms with E-state index in [4.69, 9.17) is 9.47 Å². The molecule has 0 unspecified atom stereocenters. The summed E-state index contributed by atoms with van der Waals surface area (Å²) in [5.41, 5.74) is 2.22. The number of ether oxygens (including phenoxy) is 2. The Morgan fingerprint density at radius 1 is 1.10 bits per heavy atom. The number of nitrogens with one attached hydrogen (secondary N) is 2. The topological polar surface area (TPSA) is 124 Å². The molecule has 0 saturated carbocycles. The van der Waals surface area contributed by atoms with Crippen LogP contribution >= 0.6 is 34.4 Å². The monoisotopic (exact) mass is 625 g/mol. The number of benzene rings is 1. The van der Waals surface area contributed by atoms with Crippen molar-refractivity contribution in [1.29, 1.82) is 0 Å². The van der Waals surface area contributed by atoms with E-state index < -0.39 is 11.2 Å². The van der Waals surface area contributed by atoms with Gasteiger partial charge in [0, 0.05) is 10.6 Å². The SMILES string of the molecule is CCOC(=O)c1c(NC(=O)[C@H](C)Sc2nnc(CNC(=O)c3cccs3)n2-c2ccc(OCC)cc2)sc2c1CCC2. The molecular weight excluding hydrogens is 595 g/mol. The Morgan fingerprint density at radius 3 is 2.62 bits per heavy atom. The molecule has 5 rings (SSSR count).